The van der Waals surface area contributed by atoms with Crippen molar-refractivity contribution in [3.8, 4) is 5.75 Å². The molecule has 1 saturated heterocycles. The average molecular weight is 327 g/mol. The summed E-state index contributed by atoms with van der Waals surface area (Å²) in [5, 5.41) is 0.768. The summed E-state index contributed by atoms with van der Waals surface area (Å²) in [6.45, 7) is 4.70. The fraction of sp³-hybridized carbons (Fsp3) is 0.389. The smallest absolute Gasteiger partial charge is 0.255 e. The van der Waals surface area contributed by atoms with Gasteiger partial charge >= 0.3 is 0 Å². The van der Waals surface area contributed by atoms with Crippen molar-refractivity contribution in [2.45, 2.75) is 19.9 Å². The van der Waals surface area contributed by atoms with E-state index in [1.165, 1.54) is 0 Å². The average Bonchev–Trinajstić information content (AvgIpc) is 2.58. The Morgan fingerprint density at radius 2 is 2.04 bits per heavy atom. The Bertz CT molecular complexity index is 819. The van der Waals surface area contributed by atoms with Gasteiger partial charge in [-0.2, -0.15) is 0 Å². The third kappa shape index (κ3) is 2.68. The number of amides is 2. The lowest BCUT2D eigenvalue weighted by Crippen LogP contribution is -2.56. The number of rotatable bonds is 2. The van der Waals surface area contributed by atoms with Crippen molar-refractivity contribution >= 4 is 22.7 Å². The predicted octanol–water partition coefficient (Wildman–Crippen LogP) is 1.85. The largest absolute Gasteiger partial charge is 0.497 e. The van der Waals surface area contributed by atoms with Crippen LogP contribution in [0.25, 0.3) is 10.9 Å². The van der Waals surface area contributed by atoms with Gasteiger partial charge in [0.15, 0.2) is 0 Å². The molecule has 0 aliphatic carbocycles. The van der Waals surface area contributed by atoms with Gasteiger partial charge in [0.1, 0.15) is 11.8 Å². The number of piperazine rings is 1. The van der Waals surface area contributed by atoms with Gasteiger partial charge in [0.2, 0.25) is 5.91 Å². The number of aryl methyl sites for hydroxylation is 1. The molecule has 24 heavy (non-hydrogen) atoms. The lowest BCUT2D eigenvalue weighted by atomic mass is 10.0. The molecule has 0 radical (unpaired) electrons. The number of pyridine rings is 1. The number of likely N-dealkylation sites (N-methyl/N-ethyl adjacent to an activating group) is 1. The van der Waals surface area contributed by atoms with Gasteiger partial charge in [-0.3, -0.25) is 14.6 Å². The van der Waals surface area contributed by atoms with Gasteiger partial charge < -0.3 is 14.5 Å². The van der Waals surface area contributed by atoms with E-state index in [1.807, 2.05) is 25.1 Å². The summed E-state index contributed by atoms with van der Waals surface area (Å²) in [4.78, 5) is 33.1. The van der Waals surface area contributed by atoms with E-state index in [0.717, 1.165) is 11.1 Å². The number of hydrogen-bond acceptors (Lipinski definition) is 4. The molecule has 1 aromatic carbocycles. The van der Waals surface area contributed by atoms with Crippen LogP contribution in [0.15, 0.2) is 24.3 Å². The lowest BCUT2D eigenvalue weighted by Gasteiger charge is -2.37. The Hall–Kier alpha value is -2.63. The number of nitrogens with zero attached hydrogens (tertiary/aromatic N) is 3. The highest BCUT2D eigenvalue weighted by Crippen LogP contribution is 2.25. The maximum atomic E-state index is 13.1. The van der Waals surface area contributed by atoms with Crippen molar-refractivity contribution in [3.63, 3.8) is 0 Å². The molecule has 6 heteroatoms. The van der Waals surface area contributed by atoms with Gasteiger partial charge in [-0.25, -0.2) is 0 Å². The number of aromatic nitrogens is 1. The number of carbonyl (C=O) groups excluding carboxylic acids is 2. The van der Waals surface area contributed by atoms with Crippen LogP contribution < -0.4 is 4.74 Å². The summed E-state index contributed by atoms with van der Waals surface area (Å²) in [6, 6.07) is 6.80. The molecule has 2 aromatic rings. The third-order valence-electron chi connectivity index (χ3n) is 4.51. The molecule has 1 atom stereocenters. The van der Waals surface area contributed by atoms with E-state index >= 15 is 0 Å². The Labute approximate surface area is 141 Å². The molecular weight excluding hydrogens is 306 g/mol. The summed E-state index contributed by atoms with van der Waals surface area (Å²) < 4.78 is 5.24. The zero-order valence-corrected chi connectivity index (χ0v) is 14.4. The Balaban J connectivity index is 2.05. The number of hydrogen-bond donors (Lipinski definition) is 0. The zero-order valence-electron chi connectivity index (χ0n) is 14.4. The second-order valence-electron chi connectivity index (χ2n) is 6.13. The number of methoxy groups -OCH3 is 1. The molecule has 126 valence electrons. The summed E-state index contributed by atoms with van der Waals surface area (Å²) in [6.07, 6.45) is 0. The molecule has 2 amide bonds. The van der Waals surface area contributed by atoms with Gasteiger partial charge in [-0.1, -0.05) is 0 Å². The molecule has 0 N–H and O–H groups in total. The molecule has 0 spiro atoms. The SMILES string of the molecule is COc1ccc2c(C(=O)N3CCN(C)C(=O)C3C)cc(C)nc2c1. The van der Waals surface area contributed by atoms with Gasteiger partial charge in [0, 0.05) is 37.3 Å². The van der Waals surface area contributed by atoms with Crippen LogP contribution >= 0.6 is 0 Å². The summed E-state index contributed by atoms with van der Waals surface area (Å²) in [5.74, 6) is 0.526. The molecule has 2 heterocycles. The third-order valence-corrected chi connectivity index (χ3v) is 4.51. The Kier molecular flexibility index (Phi) is 4.13. The van der Waals surface area contributed by atoms with Crippen molar-refractivity contribution in [1.82, 2.24) is 14.8 Å². The van der Waals surface area contributed by atoms with E-state index in [-0.39, 0.29) is 11.8 Å². The first kappa shape index (κ1) is 16.2. The zero-order chi connectivity index (χ0) is 17.4. The van der Waals surface area contributed by atoms with Gasteiger partial charge in [-0.15, -0.1) is 0 Å². The molecule has 0 saturated carbocycles. The summed E-state index contributed by atoms with van der Waals surface area (Å²) >= 11 is 0. The second kappa shape index (κ2) is 6.11. The minimum atomic E-state index is -0.460. The standard InChI is InChI=1S/C18H21N3O3/c1-11-9-15(14-6-5-13(24-4)10-16(14)19-11)18(23)21-8-7-20(3)17(22)12(21)2/h5-6,9-10,12H,7-8H2,1-4H3. The fourth-order valence-electron chi connectivity index (χ4n) is 3.09. The minimum Gasteiger partial charge on any atom is -0.497 e. The normalized spacial score (nSPS) is 18.2. The van der Waals surface area contributed by atoms with Crippen LogP contribution in [0.4, 0.5) is 0 Å². The Morgan fingerprint density at radius 1 is 1.29 bits per heavy atom. The molecule has 3 rings (SSSR count). The maximum absolute atomic E-state index is 13.1. The molecule has 1 aliphatic heterocycles. The van der Waals surface area contributed by atoms with E-state index in [2.05, 4.69) is 4.98 Å². The van der Waals surface area contributed by atoms with Crippen LogP contribution in [0.3, 0.4) is 0 Å². The highest BCUT2D eigenvalue weighted by molar-refractivity contribution is 6.07. The van der Waals surface area contributed by atoms with E-state index in [0.29, 0.717) is 29.9 Å². The van der Waals surface area contributed by atoms with E-state index < -0.39 is 6.04 Å². The number of carbonyl (C=O) groups is 2. The summed E-state index contributed by atoms with van der Waals surface area (Å²) in [5.41, 5.74) is 2.04. The molecule has 1 unspecified atom stereocenters. The predicted molar refractivity (Wildman–Crippen MR) is 91.2 cm³/mol. The van der Waals surface area contributed by atoms with Crippen LogP contribution in [-0.4, -0.2) is 59.9 Å². The van der Waals surface area contributed by atoms with E-state index in [9.17, 15) is 9.59 Å². The van der Waals surface area contributed by atoms with Gasteiger partial charge in [-0.05, 0) is 32.0 Å². The van der Waals surface area contributed by atoms with Gasteiger partial charge in [0.05, 0.1) is 18.2 Å². The van der Waals surface area contributed by atoms with Crippen LogP contribution in [-0.2, 0) is 4.79 Å². The monoisotopic (exact) mass is 327 g/mol. The minimum absolute atomic E-state index is 0.0358. The molecule has 0 bridgehead atoms. The topological polar surface area (TPSA) is 62.7 Å². The second-order valence-corrected chi connectivity index (χ2v) is 6.13. The van der Waals surface area contributed by atoms with Crippen LogP contribution in [0, 0.1) is 6.92 Å². The van der Waals surface area contributed by atoms with Crippen molar-refractivity contribution in [2.75, 3.05) is 27.2 Å². The maximum Gasteiger partial charge on any atom is 0.255 e. The van der Waals surface area contributed by atoms with Crippen molar-refractivity contribution in [3.05, 3.63) is 35.5 Å². The molecule has 1 fully saturated rings. The van der Waals surface area contributed by atoms with E-state index in [1.54, 1.807) is 36.9 Å². The van der Waals surface area contributed by atoms with Gasteiger partial charge in [0.25, 0.3) is 5.91 Å². The van der Waals surface area contributed by atoms with Crippen molar-refractivity contribution in [1.29, 1.82) is 0 Å². The molecule has 1 aromatic heterocycles. The first-order valence-electron chi connectivity index (χ1n) is 7.93. The number of ether oxygens (including phenoxy) is 1. The highest BCUT2D eigenvalue weighted by Gasteiger charge is 2.33. The number of fused-ring (bicyclic) bond motifs is 1. The van der Waals surface area contributed by atoms with Crippen LogP contribution in [0.1, 0.15) is 23.0 Å². The highest BCUT2D eigenvalue weighted by atomic mass is 16.5. The van der Waals surface area contributed by atoms with Crippen molar-refractivity contribution < 1.29 is 14.3 Å². The quantitative estimate of drug-likeness (QED) is 0.844. The molecule has 6 nitrogen and oxygen atoms in total. The summed E-state index contributed by atoms with van der Waals surface area (Å²) in [7, 11) is 3.36. The fourth-order valence-corrected chi connectivity index (χ4v) is 3.09. The first-order valence-corrected chi connectivity index (χ1v) is 7.93. The Morgan fingerprint density at radius 3 is 2.75 bits per heavy atom. The number of benzene rings is 1. The van der Waals surface area contributed by atoms with E-state index in [4.69, 9.17) is 4.74 Å². The molecule has 1 aliphatic rings. The van der Waals surface area contributed by atoms with Crippen molar-refractivity contribution in [2.24, 2.45) is 0 Å². The first-order chi connectivity index (χ1) is 11.4. The van der Waals surface area contributed by atoms with Crippen LogP contribution in [0.5, 0.6) is 5.75 Å². The molecular formula is C18H21N3O3. The van der Waals surface area contributed by atoms with Crippen LogP contribution in [0.2, 0.25) is 0 Å². The lowest BCUT2D eigenvalue weighted by molar-refractivity contribution is -0.137.